The van der Waals surface area contributed by atoms with Gasteiger partial charge < -0.3 is 14.7 Å². The van der Waals surface area contributed by atoms with Crippen LogP contribution in [0.1, 0.15) is 35.7 Å². The largest absolute Gasteiger partial charge is 0.355 e. The molecule has 1 aliphatic carbocycles. The lowest BCUT2D eigenvalue weighted by Gasteiger charge is -2.40. The molecule has 1 saturated heterocycles. The van der Waals surface area contributed by atoms with Gasteiger partial charge in [-0.25, -0.2) is 0 Å². The highest BCUT2D eigenvalue weighted by Crippen LogP contribution is 2.35. The number of nitrogens with zero attached hydrogens (tertiary/aromatic N) is 6. The average Bonchev–Trinajstić information content (AvgIpc) is 3.32. The smallest absolute Gasteiger partial charge is 0.129 e. The van der Waals surface area contributed by atoms with Crippen LogP contribution in [0.5, 0.6) is 0 Å². The lowest BCUT2D eigenvalue weighted by Crippen LogP contribution is -2.48. The van der Waals surface area contributed by atoms with Gasteiger partial charge >= 0.3 is 0 Å². The number of aromatic nitrogens is 1. The molecule has 182 valence electrons. The van der Waals surface area contributed by atoms with Gasteiger partial charge in [0.05, 0.1) is 17.8 Å². The van der Waals surface area contributed by atoms with Crippen LogP contribution < -0.4 is 0 Å². The number of piperazine rings is 1. The summed E-state index contributed by atoms with van der Waals surface area (Å²) in [6, 6.07) is 15.8. The van der Waals surface area contributed by atoms with Gasteiger partial charge in [0, 0.05) is 52.0 Å². The summed E-state index contributed by atoms with van der Waals surface area (Å²) < 4.78 is 0. The molecule has 6 rings (SSSR count). The summed E-state index contributed by atoms with van der Waals surface area (Å²) in [6.45, 7) is 7.21. The Morgan fingerprint density at radius 3 is 2.74 bits per heavy atom. The maximum absolute atomic E-state index is 5.22. The quantitative estimate of drug-likeness (QED) is 0.646. The van der Waals surface area contributed by atoms with E-state index in [1.165, 1.54) is 29.1 Å². The zero-order chi connectivity index (χ0) is 23.6. The molecule has 0 amide bonds. The summed E-state index contributed by atoms with van der Waals surface area (Å²) in [5.41, 5.74) is 4.05. The normalized spacial score (nSPS) is 24.3. The molecule has 0 bridgehead atoms. The van der Waals surface area contributed by atoms with Crippen LogP contribution in [0, 0.1) is 0 Å². The van der Waals surface area contributed by atoms with Crippen LogP contribution >= 0.6 is 0 Å². The molecule has 1 fully saturated rings. The summed E-state index contributed by atoms with van der Waals surface area (Å²) in [5, 5.41) is 0. The molecule has 1 unspecified atom stereocenters. The van der Waals surface area contributed by atoms with Gasteiger partial charge in [0.2, 0.25) is 0 Å². The summed E-state index contributed by atoms with van der Waals surface area (Å²) in [6.07, 6.45) is 12.1. The Balaban J connectivity index is 1.22. The van der Waals surface area contributed by atoms with Gasteiger partial charge in [-0.1, -0.05) is 42.5 Å². The molecule has 0 N–H and O–H groups in total. The van der Waals surface area contributed by atoms with E-state index in [9.17, 15) is 0 Å². The highest BCUT2D eigenvalue weighted by molar-refractivity contribution is 5.96. The van der Waals surface area contributed by atoms with E-state index in [0.29, 0.717) is 6.04 Å². The molecule has 4 aliphatic rings. The highest BCUT2D eigenvalue weighted by atomic mass is 15.4. The number of hydrogen-bond donors (Lipinski definition) is 0. The number of allylic oxidation sites excluding steroid dienone is 2. The molecule has 1 aromatic carbocycles. The summed E-state index contributed by atoms with van der Waals surface area (Å²) >= 11 is 0. The lowest BCUT2D eigenvalue weighted by atomic mass is 9.90. The first-order valence-corrected chi connectivity index (χ1v) is 13.1. The Kier molecular flexibility index (Phi) is 6.40. The van der Waals surface area contributed by atoms with Gasteiger partial charge in [-0.15, -0.1) is 0 Å². The average molecular weight is 469 g/mol. The molecule has 2 atom stereocenters. The molecule has 3 aliphatic heterocycles. The van der Waals surface area contributed by atoms with Crippen LogP contribution in [-0.4, -0.2) is 82.8 Å². The maximum Gasteiger partial charge on any atom is 0.129 e. The Morgan fingerprint density at radius 1 is 1.03 bits per heavy atom. The molecule has 35 heavy (non-hydrogen) atoms. The summed E-state index contributed by atoms with van der Waals surface area (Å²) in [7, 11) is 2.21. The Labute approximate surface area is 209 Å². The fourth-order valence-corrected chi connectivity index (χ4v) is 6.00. The molecule has 6 nitrogen and oxygen atoms in total. The van der Waals surface area contributed by atoms with Crippen molar-refractivity contribution in [2.24, 2.45) is 4.99 Å². The first-order valence-electron chi connectivity index (χ1n) is 13.1. The van der Waals surface area contributed by atoms with Crippen molar-refractivity contribution in [3.8, 4) is 0 Å². The monoisotopic (exact) mass is 468 g/mol. The third-order valence-corrected chi connectivity index (χ3v) is 7.86. The molecular weight excluding hydrogens is 432 g/mol. The van der Waals surface area contributed by atoms with Crippen molar-refractivity contribution in [1.82, 2.24) is 24.6 Å². The van der Waals surface area contributed by atoms with Crippen molar-refractivity contribution < 1.29 is 0 Å². The SMILES string of the molecule is CN1CCN(C2=CC=CC3=NC(CN(Cc4ccccc4)[C@H]4CCCc5cccnc54)CN23)CC1. The minimum absolute atomic E-state index is 0.251. The van der Waals surface area contributed by atoms with Gasteiger partial charge in [-0.05, 0) is 55.7 Å². The number of rotatable bonds is 6. The van der Waals surface area contributed by atoms with E-state index in [1.807, 2.05) is 6.20 Å². The third-order valence-electron chi connectivity index (χ3n) is 7.86. The molecule has 6 heteroatoms. The molecule has 4 heterocycles. The van der Waals surface area contributed by atoms with Gasteiger partial charge in [0.15, 0.2) is 0 Å². The Morgan fingerprint density at radius 2 is 1.89 bits per heavy atom. The number of aryl methyl sites for hydroxylation is 1. The van der Waals surface area contributed by atoms with E-state index < -0.39 is 0 Å². The second kappa shape index (κ2) is 9.96. The number of aliphatic imine (C=N–C) groups is 1. The van der Waals surface area contributed by atoms with Crippen molar-refractivity contribution >= 4 is 5.84 Å². The van der Waals surface area contributed by atoms with Crippen LogP contribution in [0.3, 0.4) is 0 Å². The predicted molar refractivity (Wildman–Crippen MR) is 141 cm³/mol. The molecule has 0 radical (unpaired) electrons. The van der Waals surface area contributed by atoms with Crippen molar-refractivity contribution in [1.29, 1.82) is 0 Å². The van der Waals surface area contributed by atoms with Gasteiger partial charge in [-0.3, -0.25) is 14.9 Å². The van der Waals surface area contributed by atoms with Crippen LogP contribution in [0.15, 0.2) is 77.7 Å². The van der Waals surface area contributed by atoms with Crippen molar-refractivity contribution in [3.05, 3.63) is 89.5 Å². The second-order valence-electron chi connectivity index (χ2n) is 10.3. The minimum atomic E-state index is 0.251. The Hall–Kier alpha value is -2.96. The van der Waals surface area contributed by atoms with E-state index in [2.05, 4.69) is 87.3 Å². The zero-order valence-corrected chi connectivity index (χ0v) is 20.8. The standard InChI is InChI=1S/C29H36N6/c1-32-16-18-33(19-17-32)28-14-6-13-27-31-25(22-35(27)28)21-34(20-23-8-3-2-4-9-23)26-12-5-10-24-11-7-15-30-29(24)26/h2-4,6-9,11,13-15,25-26H,5,10,12,16-22H2,1H3/t25?,26-/m0/s1. The molecule has 0 spiro atoms. The Bertz CT molecular complexity index is 1120. The number of amidine groups is 1. The minimum Gasteiger partial charge on any atom is -0.355 e. The van der Waals surface area contributed by atoms with E-state index >= 15 is 0 Å². The molecule has 0 saturated carbocycles. The van der Waals surface area contributed by atoms with Crippen molar-refractivity contribution in [2.45, 2.75) is 37.9 Å². The first kappa shape index (κ1) is 22.5. The predicted octanol–water partition coefficient (Wildman–Crippen LogP) is 3.70. The van der Waals surface area contributed by atoms with Gasteiger partial charge in [0.25, 0.3) is 0 Å². The van der Waals surface area contributed by atoms with Crippen LogP contribution in [0.25, 0.3) is 0 Å². The van der Waals surface area contributed by atoms with Crippen molar-refractivity contribution in [2.75, 3.05) is 46.3 Å². The van der Waals surface area contributed by atoms with Gasteiger partial charge in [0.1, 0.15) is 11.7 Å². The number of pyridine rings is 1. The number of hydrogen-bond acceptors (Lipinski definition) is 6. The second-order valence-corrected chi connectivity index (χ2v) is 10.3. The molecular formula is C29H36N6. The van der Waals surface area contributed by atoms with Crippen LogP contribution in [0.4, 0.5) is 0 Å². The van der Waals surface area contributed by atoms with Gasteiger partial charge in [-0.2, -0.15) is 0 Å². The number of likely N-dealkylation sites (N-methyl/N-ethyl adjacent to an activating group) is 1. The maximum atomic E-state index is 5.22. The van der Waals surface area contributed by atoms with E-state index in [1.54, 1.807) is 0 Å². The van der Waals surface area contributed by atoms with E-state index in [-0.39, 0.29) is 6.04 Å². The number of benzene rings is 1. The summed E-state index contributed by atoms with van der Waals surface area (Å²) in [5.74, 6) is 2.44. The third kappa shape index (κ3) is 4.78. The van der Waals surface area contributed by atoms with E-state index in [0.717, 1.165) is 64.5 Å². The lowest BCUT2D eigenvalue weighted by molar-refractivity contribution is 0.145. The fourth-order valence-electron chi connectivity index (χ4n) is 6.00. The molecule has 2 aromatic rings. The summed E-state index contributed by atoms with van der Waals surface area (Å²) in [4.78, 5) is 20.1. The number of fused-ring (bicyclic) bond motifs is 2. The van der Waals surface area contributed by atoms with Crippen molar-refractivity contribution in [3.63, 3.8) is 0 Å². The fraction of sp³-hybridized carbons (Fsp3) is 0.448. The zero-order valence-electron chi connectivity index (χ0n) is 20.8. The molecule has 1 aromatic heterocycles. The first-order chi connectivity index (χ1) is 17.2. The van der Waals surface area contributed by atoms with Crippen LogP contribution in [-0.2, 0) is 13.0 Å². The highest BCUT2D eigenvalue weighted by Gasteiger charge is 2.34. The van der Waals surface area contributed by atoms with Crippen LogP contribution in [0.2, 0.25) is 0 Å². The van der Waals surface area contributed by atoms with E-state index in [4.69, 9.17) is 9.98 Å². The topological polar surface area (TPSA) is 38.2 Å².